The van der Waals surface area contributed by atoms with Gasteiger partial charge in [-0.1, -0.05) is 135 Å². The summed E-state index contributed by atoms with van der Waals surface area (Å²) in [4.78, 5) is 0. The first kappa shape index (κ1) is 30.1. The lowest BCUT2D eigenvalue weighted by atomic mass is 9.88. The molecule has 0 aliphatic carbocycles. The molecule has 1 saturated heterocycles. The van der Waals surface area contributed by atoms with Crippen molar-refractivity contribution in [2.75, 3.05) is 6.61 Å². The monoisotopic (exact) mass is 566 g/mol. The fourth-order valence-corrected chi connectivity index (χ4v) is 5.36. The summed E-state index contributed by atoms with van der Waals surface area (Å²) in [5, 5.41) is 0. The summed E-state index contributed by atoms with van der Waals surface area (Å²) >= 11 is 0. The number of rotatable bonds is 14. The average molecular weight is 567 g/mol. The molecule has 1 aliphatic rings. The number of ether oxygens (including phenoxy) is 5. The topological polar surface area (TPSA) is 46.2 Å². The highest BCUT2D eigenvalue weighted by Crippen LogP contribution is 2.33. The minimum absolute atomic E-state index is 0.195. The molecule has 42 heavy (non-hydrogen) atoms. The number of benzene rings is 4. The first-order chi connectivity index (χ1) is 20.7. The Morgan fingerprint density at radius 3 is 1.31 bits per heavy atom. The van der Waals surface area contributed by atoms with Crippen molar-refractivity contribution >= 4 is 0 Å². The van der Waals surface area contributed by atoms with Crippen molar-refractivity contribution in [2.45, 2.75) is 70.8 Å². The molecule has 4 aromatic carbocycles. The molecule has 0 amide bonds. The average Bonchev–Trinajstić information content (AvgIpc) is 3.04. The van der Waals surface area contributed by atoms with Gasteiger partial charge in [0, 0.05) is 0 Å². The van der Waals surface area contributed by atoms with E-state index in [1.165, 1.54) is 0 Å². The van der Waals surface area contributed by atoms with E-state index in [-0.39, 0.29) is 30.3 Å². The van der Waals surface area contributed by atoms with Gasteiger partial charge in [0.1, 0.15) is 24.4 Å². The summed E-state index contributed by atoms with van der Waals surface area (Å²) < 4.78 is 33.2. The summed E-state index contributed by atoms with van der Waals surface area (Å²) in [6, 6.07) is 40.9. The van der Waals surface area contributed by atoms with Crippen molar-refractivity contribution in [3.05, 3.63) is 144 Å². The van der Waals surface area contributed by atoms with Crippen LogP contribution in [0.15, 0.2) is 121 Å². The maximum Gasteiger partial charge on any atom is 0.115 e. The molecule has 0 bridgehead atoms. The lowest BCUT2D eigenvalue weighted by Gasteiger charge is -2.47. The molecule has 3 unspecified atom stereocenters. The van der Waals surface area contributed by atoms with Gasteiger partial charge in [-0.2, -0.15) is 0 Å². The molecule has 1 fully saturated rings. The molecule has 1 aliphatic heterocycles. The first-order valence-electron chi connectivity index (χ1n) is 14.9. The summed E-state index contributed by atoms with van der Waals surface area (Å²) in [5.41, 5.74) is 4.43. The van der Waals surface area contributed by atoms with Crippen LogP contribution in [0.3, 0.4) is 0 Å². The van der Waals surface area contributed by atoms with Crippen molar-refractivity contribution in [1.29, 1.82) is 0 Å². The minimum Gasteiger partial charge on any atom is -0.374 e. The highest BCUT2D eigenvalue weighted by molar-refractivity contribution is 5.16. The van der Waals surface area contributed by atoms with Crippen LogP contribution in [-0.4, -0.2) is 37.1 Å². The smallest absolute Gasteiger partial charge is 0.115 e. The Hall–Kier alpha value is -3.32. The molecule has 0 aromatic heterocycles. The first-order valence-corrected chi connectivity index (χ1v) is 14.9. The zero-order chi connectivity index (χ0) is 29.0. The molecule has 0 radical (unpaired) electrons. The SMILES string of the molecule is CC(C)[C@@H]1OC(COCc2ccccc2)[C@H](OCc2ccccc2)C(OCc2ccccc2)C1OCc1ccccc1. The lowest BCUT2D eigenvalue weighted by Crippen LogP contribution is -2.62. The van der Waals surface area contributed by atoms with Gasteiger partial charge in [0.2, 0.25) is 0 Å². The predicted molar refractivity (Wildman–Crippen MR) is 165 cm³/mol. The van der Waals surface area contributed by atoms with Gasteiger partial charge in [-0.15, -0.1) is 0 Å². The minimum atomic E-state index is -0.402. The molecule has 0 N–H and O–H groups in total. The zero-order valence-electron chi connectivity index (χ0n) is 24.6. The molecule has 4 aromatic rings. The van der Waals surface area contributed by atoms with Crippen LogP contribution in [0, 0.1) is 5.92 Å². The summed E-state index contributed by atoms with van der Waals surface area (Å²) in [6.07, 6.45) is -1.64. The van der Waals surface area contributed by atoms with Crippen LogP contribution in [-0.2, 0) is 50.1 Å². The van der Waals surface area contributed by atoms with E-state index in [1.807, 2.05) is 72.8 Å². The maximum absolute atomic E-state index is 6.82. The van der Waals surface area contributed by atoms with Crippen LogP contribution in [0.25, 0.3) is 0 Å². The van der Waals surface area contributed by atoms with Gasteiger partial charge >= 0.3 is 0 Å². The third-order valence-electron chi connectivity index (χ3n) is 7.58. The fourth-order valence-electron chi connectivity index (χ4n) is 5.36. The summed E-state index contributed by atoms with van der Waals surface area (Å²) in [7, 11) is 0. The molecule has 220 valence electrons. The van der Waals surface area contributed by atoms with Crippen LogP contribution in [0.2, 0.25) is 0 Å². The van der Waals surface area contributed by atoms with Gasteiger partial charge in [-0.05, 0) is 28.2 Å². The molecular weight excluding hydrogens is 524 g/mol. The quantitative estimate of drug-likeness (QED) is 0.159. The Balaban J connectivity index is 1.41. The van der Waals surface area contributed by atoms with Crippen LogP contribution >= 0.6 is 0 Å². The van der Waals surface area contributed by atoms with Gasteiger partial charge in [0.15, 0.2) is 0 Å². The number of hydrogen-bond acceptors (Lipinski definition) is 5. The van der Waals surface area contributed by atoms with Crippen molar-refractivity contribution in [3.63, 3.8) is 0 Å². The Labute approximate surface area is 250 Å². The molecule has 5 nitrogen and oxygen atoms in total. The molecule has 0 spiro atoms. The molecule has 1 heterocycles. The molecule has 5 atom stereocenters. The van der Waals surface area contributed by atoms with E-state index >= 15 is 0 Å². The second-order valence-electron chi connectivity index (χ2n) is 11.2. The molecule has 5 heteroatoms. The van der Waals surface area contributed by atoms with Gasteiger partial charge in [0.25, 0.3) is 0 Å². The van der Waals surface area contributed by atoms with Crippen molar-refractivity contribution in [3.8, 4) is 0 Å². The maximum atomic E-state index is 6.82. The van der Waals surface area contributed by atoms with E-state index in [1.54, 1.807) is 0 Å². The Morgan fingerprint density at radius 1 is 0.500 bits per heavy atom. The van der Waals surface area contributed by atoms with Crippen LogP contribution < -0.4 is 0 Å². The summed E-state index contributed by atoms with van der Waals surface area (Å²) in [6.45, 7) is 6.58. The Bertz CT molecular complexity index is 1280. The second-order valence-corrected chi connectivity index (χ2v) is 11.2. The van der Waals surface area contributed by atoms with Crippen LogP contribution in [0.5, 0.6) is 0 Å². The number of hydrogen-bond donors (Lipinski definition) is 0. The molecule has 0 saturated carbocycles. The van der Waals surface area contributed by atoms with E-state index in [0.717, 1.165) is 22.3 Å². The standard InChI is InChI=1S/C37H42O5/c1-28(2)34-36(40-25-31-19-11-5-12-20-31)37(41-26-32-21-13-6-14-22-32)35(39-24-30-17-9-4-10-18-30)33(42-34)27-38-23-29-15-7-3-8-16-29/h3-22,28,33-37H,23-27H2,1-2H3/t33?,34-,35-,36?,37?/m0/s1. The van der Waals surface area contributed by atoms with Gasteiger partial charge in [0.05, 0.1) is 39.1 Å². The molecule has 5 rings (SSSR count). The van der Waals surface area contributed by atoms with Crippen molar-refractivity contribution in [1.82, 2.24) is 0 Å². The lowest BCUT2D eigenvalue weighted by molar-refractivity contribution is -0.279. The van der Waals surface area contributed by atoms with Crippen molar-refractivity contribution in [2.24, 2.45) is 5.92 Å². The predicted octanol–water partition coefficient (Wildman–Crippen LogP) is 7.38. The zero-order valence-corrected chi connectivity index (χ0v) is 24.6. The highest BCUT2D eigenvalue weighted by Gasteiger charge is 2.49. The Kier molecular flexibility index (Phi) is 11.3. The van der Waals surface area contributed by atoms with E-state index < -0.39 is 6.10 Å². The van der Waals surface area contributed by atoms with Gasteiger partial charge in [-0.25, -0.2) is 0 Å². The van der Waals surface area contributed by atoms with E-state index in [2.05, 4.69) is 62.4 Å². The highest BCUT2D eigenvalue weighted by atomic mass is 16.6. The normalized spacial score (nSPS) is 22.3. The second kappa shape index (κ2) is 15.8. The van der Waals surface area contributed by atoms with Crippen LogP contribution in [0.4, 0.5) is 0 Å². The van der Waals surface area contributed by atoms with Crippen LogP contribution in [0.1, 0.15) is 36.1 Å². The van der Waals surface area contributed by atoms with Gasteiger partial charge in [-0.3, -0.25) is 0 Å². The Morgan fingerprint density at radius 2 is 0.881 bits per heavy atom. The third kappa shape index (κ3) is 8.60. The molecular formula is C37H42O5. The summed E-state index contributed by atoms with van der Waals surface area (Å²) in [5.74, 6) is 0.195. The third-order valence-corrected chi connectivity index (χ3v) is 7.58. The van der Waals surface area contributed by atoms with E-state index in [9.17, 15) is 0 Å². The largest absolute Gasteiger partial charge is 0.374 e. The van der Waals surface area contributed by atoms with Gasteiger partial charge < -0.3 is 23.7 Å². The van der Waals surface area contributed by atoms with Crippen molar-refractivity contribution < 1.29 is 23.7 Å². The fraction of sp³-hybridized carbons (Fsp3) is 0.351. The van der Waals surface area contributed by atoms with E-state index in [4.69, 9.17) is 23.7 Å². The van der Waals surface area contributed by atoms with E-state index in [0.29, 0.717) is 33.0 Å².